The van der Waals surface area contributed by atoms with Gasteiger partial charge in [-0.05, 0) is 24.5 Å². The van der Waals surface area contributed by atoms with Gasteiger partial charge >= 0.3 is 0 Å². The number of benzene rings is 1. The molecule has 17 heavy (non-hydrogen) atoms. The molecule has 1 aromatic rings. The molecule has 0 heterocycles. The molecule has 3 nitrogen and oxygen atoms in total. The van der Waals surface area contributed by atoms with Gasteiger partial charge in [0, 0.05) is 5.92 Å². The number of rotatable bonds is 4. The molecule has 0 radical (unpaired) electrons. The van der Waals surface area contributed by atoms with Crippen molar-refractivity contribution < 1.29 is 4.79 Å². The molecule has 90 valence electrons. The van der Waals surface area contributed by atoms with Crippen molar-refractivity contribution in [2.45, 2.75) is 33.2 Å². The second kappa shape index (κ2) is 6.05. The Morgan fingerprint density at radius 1 is 1.47 bits per heavy atom. The SMILES string of the molecule is CC[C@@H](C)C(=O)N[C@H](C#N)c1ccccc1C. The second-order valence-corrected chi connectivity index (χ2v) is 4.24. The third-order valence-electron chi connectivity index (χ3n) is 2.98. The summed E-state index contributed by atoms with van der Waals surface area (Å²) < 4.78 is 0. The van der Waals surface area contributed by atoms with Crippen LogP contribution in [0, 0.1) is 24.2 Å². The Bertz CT molecular complexity index is 434. The Morgan fingerprint density at radius 3 is 2.65 bits per heavy atom. The number of amides is 1. The zero-order valence-corrected chi connectivity index (χ0v) is 10.5. The molecule has 0 saturated heterocycles. The summed E-state index contributed by atoms with van der Waals surface area (Å²) in [5, 5.41) is 11.9. The van der Waals surface area contributed by atoms with Crippen LogP contribution in [0.2, 0.25) is 0 Å². The minimum Gasteiger partial charge on any atom is -0.336 e. The largest absolute Gasteiger partial charge is 0.336 e. The first kappa shape index (κ1) is 13.2. The maximum Gasteiger partial charge on any atom is 0.224 e. The number of nitrogens with one attached hydrogen (secondary N) is 1. The van der Waals surface area contributed by atoms with Gasteiger partial charge in [0.25, 0.3) is 0 Å². The Morgan fingerprint density at radius 2 is 2.12 bits per heavy atom. The van der Waals surface area contributed by atoms with E-state index in [1.54, 1.807) is 0 Å². The van der Waals surface area contributed by atoms with Crippen molar-refractivity contribution >= 4 is 5.91 Å². The monoisotopic (exact) mass is 230 g/mol. The van der Waals surface area contributed by atoms with E-state index in [2.05, 4.69) is 11.4 Å². The van der Waals surface area contributed by atoms with E-state index in [0.717, 1.165) is 17.5 Å². The third kappa shape index (κ3) is 3.32. The summed E-state index contributed by atoms with van der Waals surface area (Å²) >= 11 is 0. The summed E-state index contributed by atoms with van der Waals surface area (Å²) in [5.41, 5.74) is 1.88. The van der Waals surface area contributed by atoms with Crippen LogP contribution in [0.5, 0.6) is 0 Å². The van der Waals surface area contributed by atoms with E-state index in [1.807, 2.05) is 45.0 Å². The van der Waals surface area contributed by atoms with Crippen LogP contribution >= 0.6 is 0 Å². The summed E-state index contributed by atoms with van der Waals surface area (Å²) in [4.78, 5) is 11.8. The van der Waals surface area contributed by atoms with Crippen LogP contribution in [-0.2, 0) is 4.79 Å². The van der Waals surface area contributed by atoms with Gasteiger partial charge in [0.1, 0.15) is 6.04 Å². The number of carbonyl (C=O) groups is 1. The van der Waals surface area contributed by atoms with Crippen molar-refractivity contribution in [1.82, 2.24) is 5.32 Å². The molecule has 0 fully saturated rings. The smallest absolute Gasteiger partial charge is 0.224 e. The van der Waals surface area contributed by atoms with Gasteiger partial charge < -0.3 is 5.32 Å². The lowest BCUT2D eigenvalue weighted by molar-refractivity contribution is -0.125. The van der Waals surface area contributed by atoms with Gasteiger partial charge in [0.15, 0.2) is 0 Å². The molecule has 1 N–H and O–H groups in total. The Kier molecular flexibility index (Phi) is 4.71. The van der Waals surface area contributed by atoms with Crippen LogP contribution in [0.1, 0.15) is 37.4 Å². The predicted molar refractivity (Wildman–Crippen MR) is 67.1 cm³/mol. The van der Waals surface area contributed by atoms with E-state index in [4.69, 9.17) is 5.26 Å². The fraction of sp³-hybridized carbons (Fsp3) is 0.429. The molecule has 0 aromatic heterocycles. The minimum atomic E-state index is -0.558. The van der Waals surface area contributed by atoms with E-state index in [9.17, 15) is 4.79 Å². The fourth-order valence-corrected chi connectivity index (χ4v) is 1.56. The molecule has 1 aromatic carbocycles. The van der Waals surface area contributed by atoms with Gasteiger partial charge in [-0.2, -0.15) is 5.26 Å². The Balaban J connectivity index is 2.84. The fourth-order valence-electron chi connectivity index (χ4n) is 1.56. The molecule has 1 rings (SSSR count). The van der Waals surface area contributed by atoms with Crippen molar-refractivity contribution in [2.24, 2.45) is 5.92 Å². The molecular formula is C14H18N2O. The molecule has 1 amide bonds. The average Bonchev–Trinajstić information content (AvgIpc) is 2.35. The first-order chi connectivity index (χ1) is 8.10. The van der Waals surface area contributed by atoms with Crippen molar-refractivity contribution in [3.05, 3.63) is 35.4 Å². The van der Waals surface area contributed by atoms with Crippen LogP contribution < -0.4 is 5.32 Å². The molecule has 0 aliphatic rings. The summed E-state index contributed by atoms with van der Waals surface area (Å²) in [6.07, 6.45) is 0.776. The first-order valence-electron chi connectivity index (χ1n) is 5.85. The summed E-state index contributed by atoms with van der Waals surface area (Å²) in [6, 6.07) is 9.19. The van der Waals surface area contributed by atoms with Crippen LogP contribution in [0.15, 0.2) is 24.3 Å². The number of hydrogen-bond acceptors (Lipinski definition) is 2. The van der Waals surface area contributed by atoms with Crippen LogP contribution in [0.25, 0.3) is 0 Å². The van der Waals surface area contributed by atoms with Crippen LogP contribution in [0.4, 0.5) is 0 Å². The number of nitrogens with zero attached hydrogens (tertiary/aromatic N) is 1. The second-order valence-electron chi connectivity index (χ2n) is 4.24. The Hall–Kier alpha value is -1.82. The number of aryl methyl sites for hydroxylation is 1. The van der Waals surface area contributed by atoms with Crippen molar-refractivity contribution in [1.29, 1.82) is 5.26 Å². The van der Waals surface area contributed by atoms with Crippen LogP contribution in [0.3, 0.4) is 0 Å². The summed E-state index contributed by atoms with van der Waals surface area (Å²) in [6.45, 7) is 5.76. The molecular weight excluding hydrogens is 212 g/mol. The maximum absolute atomic E-state index is 11.8. The van der Waals surface area contributed by atoms with E-state index in [1.165, 1.54) is 0 Å². The van der Waals surface area contributed by atoms with Crippen molar-refractivity contribution in [2.75, 3.05) is 0 Å². The molecule has 0 unspecified atom stereocenters. The van der Waals surface area contributed by atoms with E-state index in [-0.39, 0.29) is 11.8 Å². The number of nitriles is 1. The Labute approximate surface area is 102 Å². The highest BCUT2D eigenvalue weighted by molar-refractivity contribution is 5.79. The highest BCUT2D eigenvalue weighted by Gasteiger charge is 2.18. The van der Waals surface area contributed by atoms with Gasteiger partial charge in [0.2, 0.25) is 5.91 Å². The van der Waals surface area contributed by atoms with Crippen molar-refractivity contribution in [3.8, 4) is 6.07 Å². The standard InChI is InChI=1S/C14H18N2O/c1-4-10(2)14(17)16-13(9-15)12-8-6-5-7-11(12)3/h5-8,10,13H,4H2,1-3H3,(H,16,17)/t10-,13-/m1/s1. The zero-order valence-electron chi connectivity index (χ0n) is 10.5. The maximum atomic E-state index is 11.8. The molecule has 0 aliphatic carbocycles. The average molecular weight is 230 g/mol. The van der Waals surface area contributed by atoms with Gasteiger partial charge in [-0.15, -0.1) is 0 Å². The van der Waals surface area contributed by atoms with Gasteiger partial charge in [-0.3, -0.25) is 4.79 Å². The van der Waals surface area contributed by atoms with Gasteiger partial charge in [-0.25, -0.2) is 0 Å². The van der Waals surface area contributed by atoms with Gasteiger partial charge in [0.05, 0.1) is 6.07 Å². The van der Waals surface area contributed by atoms with E-state index >= 15 is 0 Å². The normalized spacial score (nSPS) is 13.5. The van der Waals surface area contributed by atoms with E-state index in [0.29, 0.717) is 0 Å². The quantitative estimate of drug-likeness (QED) is 0.864. The zero-order chi connectivity index (χ0) is 12.8. The molecule has 0 saturated carbocycles. The van der Waals surface area contributed by atoms with Crippen LogP contribution in [-0.4, -0.2) is 5.91 Å². The summed E-state index contributed by atoms with van der Waals surface area (Å²) in [5.74, 6) is -0.128. The van der Waals surface area contributed by atoms with Crippen molar-refractivity contribution in [3.63, 3.8) is 0 Å². The third-order valence-corrected chi connectivity index (χ3v) is 2.98. The lowest BCUT2D eigenvalue weighted by Crippen LogP contribution is -2.32. The molecule has 3 heteroatoms. The predicted octanol–water partition coefficient (Wildman–Crippen LogP) is 2.72. The summed E-state index contributed by atoms with van der Waals surface area (Å²) in [7, 11) is 0. The topological polar surface area (TPSA) is 52.9 Å². The minimum absolute atomic E-state index is 0.0603. The molecule has 2 atom stereocenters. The lowest BCUT2D eigenvalue weighted by atomic mass is 10.0. The highest BCUT2D eigenvalue weighted by Crippen LogP contribution is 2.17. The van der Waals surface area contributed by atoms with Gasteiger partial charge in [-0.1, -0.05) is 38.1 Å². The highest BCUT2D eigenvalue weighted by atomic mass is 16.1. The molecule has 0 spiro atoms. The number of hydrogen-bond donors (Lipinski definition) is 1. The lowest BCUT2D eigenvalue weighted by Gasteiger charge is -2.16. The molecule has 0 aliphatic heterocycles. The molecule has 0 bridgehead atoms. The number of carbonyl (C=O) groups excluding carboxylic acids is 1. The first-order valence-corrected chi connectivity index (χ1v) is 5.85. The van der Waals surface area contributed by atoms with E-state index < -0.39 is 6.04 Å².